The Bertz CT molecular complexity index is 1450. The van der Waals surface area contributed by atoms with Gasteiger partial charge >= 0.3 is 0 Å². The van der Waals surface area contributed by atoms with Crippen molar-refractivity contribution in [2.45, 2.75) is 6.61 Å². The lowest BCUT2D eigenvalue weighted by Gasteiger charge is -2.11. The van der Waals surface area contributed by atoms with E-state index in [1.54, 1.807) is 54.6 Å². The molecule has 0 amide bonds. The van der Waals surface area contributed by atoms with Crippen LogP contribution in [-0.2, 0) is 6.61 Å². The van der Waals surface area contributed by atoms with E-state index in [1.807, 2.05) is 12.1 Å². The molecule has 4 rings (SSSR count). The second-order valence-corrected chi connectivity index (χ2v) is 7.31. The average Bonchev–Trinajstić information content (AvgIpc) is 2.88. The predicted molar refractivity (Wildman–Crippen MR) is 130 cm³/mol. The molecule has 0 aliphatic carbocycles. The fraction of sp³-hybridized carbons (Fsp3) is 0.0769. The maximum atomic E-state index is 13.1. The van der Waals surface area contributed by atoms with E-state index < -0.39 is 5.56 Å². The molecule has 0 aliphatic rings. The van der Waals surface area contributed by atoms with Crippen LogP contribution in [-0.4, -0.2) is 23.3 Å². The summed E-state index contributed by atoms with van der Waals surface area (Å²) in [7, 11) is 1.53. The normalized spacial score (nSPS) is 10.7. The molecule has 0 saturated carbocycles. The molecule has 0 atom stereocenters. The summed E-state index contributed by atoms with van der Waals surface area (Å²) in [6.07, 6.45) is 1.52. The van der Waals surface area contributed by atoms with E-state index >= 15 is 0 Å². The number of anilines is 1. The number of hydrogen-bond acceptors (Lipinski definition) is 7. The van der Waals surface area contributed by atoms with Gasteiger partial charge in [0, 0.05) is 5.56 Å². The van der Waals surface area contributed by atoms with Crippen LogP contribution < -0.4 is 20.5 Å². The second kappa shape index (κ2) is 10.8. The molecule has 0 fully saturated rings. The molecule has 0 bridgehead atoms. The molecule has 1 heterocycles. The van der Waals surface area contributed by atoms with E-state index in [1.165, 1.54) is 25.5 Å². The maximum absolute atomic E-state index is 13.1. The van der Waals surface area contributed by atoms with Crippen LogP contribution in [0.4, 0.5) is 10.3 Å². The number of nitriles is 1. The van der Waals surface area contributed by atoms with Gasteiger partial charge in [0.2, 0.25) is 5.95 Å². The summed E-state index contributed by atoms with van der Waals surface area (Å²) in [6.45, 7) is 0.230. The van der Waals surface area contributed by atoms with E-state index in [4.69, 9.17) is 9.47 Å². The Labute approximate surface area is 200 Å². The number of hydrogen-bond donors (Lipinski definition) is 2. The van der Waals surface area contributed by atoms with Gasteiger partial charge in [0.15, 0.2) is 11.5 Å². The van der Waals surface area contributed by atoms with Gasteiger partial charge in [0.05, 0.1) is 19.0 Å². The van der Waals surface area contributed by atoms with Gasteiger partial charge in [-0.05, 0) is 41.5 Å². The van der Waals surface area contributed by atoms with Crippen LogP contribution >= 0.6 is 0 Å². The van der Waals surface area contributed by atoms with E-state index in [-0.39, 0.29) is 29.6 Å². The summed E-state index contributed by atoms with van der Waals surface area (Å²) in [4.78, 5) is 19.2. The number of hydrazone groups is 1. The van der Waals surface area contributed by atoms with Gasteiger partial charge in [-0.2, -0.15) is 10.4 Å². The highest BCUT2D eigenvalue weighted by Gasteiger charge is 2.13. The first-order valence-electron chi connectivity index (χ1n) is 10.5. The summed E-state index contributed by atoms with van der Waals surface area (Å²) >= 11 is 0. The molecular formula is C26H20FN5O3. The lowest BCUT2D eigenvalue weighted by Crippen LogP contribution is -2.16. The third-order valence-electron chi connectivity index (χ3n) is 4.96. The van der Waals surface area contributed by atoms with Gasteiger partial charge in [0.1, 0.15) is 24.1 Å². The fourth-order valence-corrected chi connectivity index (χ4v) is 3.23. The van der Waals surface area contributed by atoms with Crippen molar-refractivity contribution in [3.63, 3.8) is 0 Å². The molecule has 0 aliphatic heterocycles. The van der Waals surface area contributed by atoms with Crippen LogP contribution in [0.25, 0.3) is 11.3 Å². The van der Waals surface area contributed by atoms with Crippen LogP contribution in [0.2, 0.25) is 0 Å². The van der Waals surface area contributed by atoms with Crippen molar-refractivity contribution < 1.29 is 13.9 Å². The predicted octanol–water partition coefficient (Wildman–Crippen LogP) is 4.48. The minimum Gasteiger partial charge on any atom is -0.493 e. The Balaban J connectivity index is 1.52. The summed E-state index contributed by atoms with van der Waals surface area (Å²) < 4.78 is 24.3. The third kappa shape index (κ3) is 5.69. The SMILES string of the molecule is COc1ccc(C=NNc2nc(-c3ccccc3)c(C#N)c(=O)[nH]2)cc1OCc1ccc(F)cc1. The van der Waals surface area contributed by atoms with E-state index in [0.29, 0.717) is 22.6 Å². The topological polar surface area (TPSA) is 112 Å². The van der Waals surface area contributed by atoms with Crippen LogP contribution in [0, 0.1) is 17.1 Å². The second-order valence-electron chi connectivity index (χ2n) is 7.31. The number of methoxy groups -OCH3 is 1. The van der Waals surface area contributed by atoms with Crippen molar-refractivity contribution in [2.75, 3.05) is 12.5 Å². The number of nitrogens with zero attached hydrogens (tertiary/aromatic N) is 3. The molecule has 0 unspecified atom stereocenters. The van der Waals surface area contributed by atoms with Gasteiger partial charge in [-0.3, -0.25) is 9.78 Å². The summed E-state index contributed by atoms with van der Waals surface area (Å²) in [5.74, 6) is 0.788. The van der Waals surface area contributed by atoms with Crippen molar-refractivity contribution >= 4 is 12.2 Å². The Kier molecular flexibility index (Phi) is 7.13. The van der Waals surface area contributed by atoms with Crippen LogP contribution in [0.15, 0.2) is 82.7 Å². The molecule has 1 aromatic heterocycles. The molecule has 2 N–H and O–H groups in total. The number of nitrogens with one attached hydrogen (secondary N) is 2. The van der Waals surface area contributed by atoms with Crippen molar-refractivity contribution in [1.29, 1.82) is 5.26 Å². The first kappa shape index (κ1) is 23.2. The van der Waals surface area contributed by atoms with Crippen molar-refractivity contribution in [3.05, 3.63) is 106 Å². The van der Waals surface area contributed by atoms with Crippen molar-refractivity contribution in [1.82, 2.24) is 9.97 Å². The number of H-pyrrole nitrogens is 1. The molecule has 4 aromatic rings. The van der Waals surface area contributed by atoms with Crippen LogP contribution in [0.5, 0.6) is 11.5 Å². The molecule has 35 heavy (non-hydrogen) atoms. The zero-order valence-corrected chi connectivity index (χ0v) is 18.7. The number of aromatic nitrogens is 2. The van der Waals surface area contributed by atoms with Crippen molar-refractivity contribution in [2.24, 2.45) is 5.10 Å². The molecule has 0 radical (unpaired) electrons. The fourth-order valence-electron chi connectivity index (χ4n) is 3.23. The van der Waals surface area contributed by atoms with Gasteiger partial charge in [-0.1, -0.05) is 42.5 Å². The Morgan fingerprint density at radius 1 is 1.11 bits per heavy atom. The van der Waals surface area contributed by atoms with Gasteiger partial charge in [0.25, 0.3) is 5.56 Å². The standard InChI is InChI=1S/C26H20FN5O3/c1-34-22-12-9-18(13-23(22)35-16-17-7-10-20(27)11-8-17)15-29-32-26-30-24(19-5-3-2-4-6-19)21(14-28)25(33)31-26/h2-13,15H,16H2,1H3,(H2,30,31,32,33). The first-order valence-corrected chi connectivity index (χ1v) is 10.5. The molecule has 3 aromatic carbocycles. The average molecular weight is 469 g/mol. The van der Waals surface area contributed by atoms with Crippen molar-refractivity contribution in [3.8, 4) is 28.8 Å². The third-order valence-corrected chi connectivity index (χ3v) is 4.96. The monoisotopic (exact) mass is 469 g/mol. The van der Waals surface area contributed by atoms with E-state index in [0.717, 1.165) is 5.56 Å². The quantitative estimate of drug-likeness (QED) is 0.291. The molecule has 174 valence electrons. The highest BCUT2D eigenvalue weighted by atomic mass is 19.1. The van der Waals surface area contributed by atoms with Crippen LogP contribution in [0.3, 0.4) is 0 Å². The summed E-state index contributed by atoms with van der Waals surface area (Å²) in [6, 6.07) is 22.1. The summed E-state index contributed by atoms with van der Waals surface area (Å²) in [5.41, 5.74) is 4.43. The Morgan fingerprint density at radius 3 is 2.60 bits per heavy atom. The Hall–Kier alpha value is -4.97. The minimum atomic E-state index is -0.569. The highest BCUT2D eigenvalue weighted by molar-refractivity contribution is 5.81. The Morgan fingerprint density at radius 2 is 1.89 bits per heavy atom. The van der Waals surface area contributed by atoms with Gasteiger partial charge < -0.3 is 9.47 Å². The number of aromatic amines is 1. The molecule has 8 nitrogen and oxygen atoms in total. The minimum absolute atomic E-state index is 0.0798. The van der Waals surface area contributed by atoms with Gasteiger partial charge in [-0.15, -0.1) is 0 Å². The molecule has 0 spiro atoms. The number of rotatable bonds is 8. The zero-order valence-electron chi connectivity index (χ0n) is 18.7. The molecule has 9 heteroatoms. The zero-order chi connectivity index (χ0) is 24.6. The van der Waals surface area contributed by atoms with Crippen LogP contribution in [0.1, 0.15) is 16.7 Å². The van der Waals surface area contributed by atoms with E-state index in [9.17, 15) is 14.4 Å². The first-order chi connectivity index (χ1) is 17.1. The number of halogens is 1. The lowest BCUT2D eigenvalue weighted by molar-refractivity contribution is 0.284. The maximum Gasteiger partial charge on any atom is 0.270 e. The molecule has 0 saturated heterocycles. The lowest BCUT2D eigenvalue weighted by atomic mass is 10.1. The summed E-state index contributed by atoms with van der Waals surface area (Å²) in [5, 5.41) is 13.5. The highest BCUT2D eigenvalue weighted by Crippen LogP contribution is 2.28. The largest absolute Gasteiger partial charge is 0.493 e. The van der Waals surface area contributed by atoms with Gasteiger partial charge in [-0.25, -0.2) is 14.8 Å². The number of benzene rings is 3. The molecular weight excluding hydrogens is 449 g/mol. The smallest absolute Gasteiger partial charge is 0.270 e. The number of ether oxygens (including phenoxy) is 2. The van der Waals surface area contributed by atoms with E-state index in [2.05, 4.69) is 20.5 Å².